The van der Waals surface area contributed by atoms with Gasteiger partial charge in [-0.15, -0.1) is 0 Å². The minimum Gasteiger partial charge on any atom is -0.496 e. The van der Waals surface area contributed by atoms with Crippen LogP contribution in [0.1, 0.15) is 15.9 Å². The number of halogens is 1. The van der Waals surface area contributed by atoms with Gasteiger partial charge in [0.15, 0.2) is 5.78 Å². The summed E-state index contributed by atoms with van der Waals surface area (Å²) in [5, 5.41) is 3.97. The molecule has 0 atom stereocenters. The van der Waals surface area contributed by atoms with Crippen LogP contribution < -0.4 is 4.74 Å². The Balaban J connectivity index is 2.23. The van der Waals surface area contributed by atoms with Crippen LogP contribution in [0.5, 0.6) is 5.75 Å². The van der Waals surface area contributed by atoms with E-state index in [1.807, 2.05) is 18.2 Å². The molecule has 98 valence electrons. The molecule has 2 rings (SSSR count). The van der Waals surface area contributed by atoms with Crippen molar-refractivity contribution >= 4 is 27.8 Å². The second-order valence-electron chi connectivity index (χ2n) is 3.99. The number of ether oxygens (including phenoxy) is 1. The monoisotopic (exact) mass is 320 g/mol. The van der Waals surface area contributed by atoms with E-state index in [2.05, 4.69) is 21.0 Å². The number of allylic oxidation sites excluding steroid dienone is 1. The number of carbonyl (C=O) groups excluding carboxylic acids is 1. The van der Waals surface area contributed by atoms with Crippen molar-refractivity contribution in [2.24, 2.45) is 7.05 Å². The first-order chi connectivity index (χ1) is 9.10. The van der Waals surface area contributed by atoms with Gasteiger partial charge in [0.1, 0.15) is 5.75 Å². The summed E-state index contributed by atoms with van der Waals surface area (Å²) in [4.78, 5) is 11.9. The van der Waals surface area contributed by atoms with Gasteiger partial charge in [-0.2, -0.15) is 5.10 Å². The predicted octanol–water partition coefficient (Wildman–Crippen LogP) is 3.09. The van der Waals surface area contributed by atoms with Gasteiger partial charge in [0, 0.05) is 23.3 Å². The smallest absolute Gasteiger partial charge is 0.189 e. The van der Waals surface area contributed by atoms with Crippen molar-refractivity contribution in [3.05, 3.63) is 52.3 Å². The molecule has 0 amide bonds. The zero-order valence-corrected chi connectivity index (χ0v) is 12.2. The molecule has 1 heterocycles. The van der Waals surface area contributed by atoms with Crippen molar-refractivity contribution in [1.29, 1.82) is 0 Å². The highest BCUT2D eigenvalue weighted by Gasteiger charge is 2.05. The number of aromatic nitrogens is 2. The van der Waals surface area contributed by atoms with Gasteiger partial charge in [-0.25, -0.2) is 0 Å². The number of aryl methyl sites for hydroxylation is 1. The molecule has 0 unspecified atom stereocenters. The van der Waals surface area contributed by atoms with Crippen LogP contribution in [0.2, 0.25) is 0 Å². The quantitative estimate of drug-likeness (QED) is 0.642. The number of hydrogen-bond donors (Lipinski definition) is 0. The van der Waals surface area contributed by atoms with Crippen molar-refractivity contribution in [3.8, 4) is 5.75 Å². The second-order valence-corrected chi connectivity index (χ2v) is 4.90. The van der Waals surface area contributed by atoms with Crippen LogP contribution in [0.3, 0.4) is 0 Å². The topological polar surface area (TPSA) is 44.1 Å². The average Bonchev–Trinajstić information content (AvgIpc) is 2.83. The Hall–Kier alpha value is -1.88. The van der Waals surface area contributed by atoms with Crippen LogP contribution in [-0.4, -0.2) is 22.7 Å². The van der Waals surface area contributed by atoms with Gasteiger partial charge >= 0.3 is 0 Å². The molecule has 0 radical (unpaired) electrons. The molecule has 0 aliphatic rings. The normalized spacial score (nSPS) is 10.9. The van der Waals surface area contributed by atoms with E-state index in [9.17, 15) is 4.79 Å². The molecule has 0 bridgehead atoms. The number of benzene rings is 1. The van der Waals surface area contributed by atoms with Gasteiger partial charge in [-0.05, 0) is 30.4 Å². The minimum atomic E-state index is -0.0878. The largest absolute Gasteiger partial charge is 0.496 e. The summed E-state index contributed by atoms with van der Waals surface area (Å²) in [5.74, 6) is 0.633. The lowest BCUT2D eigenvalue weighted by Gasteiger charge is -2.04. The maximum Gasteiger partial charge on any atom is 0.189 e. The summed E-state index contributed by atoms with van der Waals surface area (Å²) in [6, 6.07) is 5.63. The van der Waals surface area contributed by atoms with Gasteiger partial charge in [0.2, 0.25) is 0 Å². The number of methoxy groups -OCH3 is 1. The number of nitrogens with zero attached hydrogens (tertiary/aromatic N) is 2. The zero-order chi connectivity index (χ0) is 13.8. The number of carbonyl (C=O) groups is 1. The summed E-state index contributed by atoms with van der Waals surface area (Å²) in [7, 11) is 3.38. The molecule has 0 spiro atoms. The summed E-state index contributed by atoms with van der Waals surface area (Å²) in [5.41, 5.74) is 1.40. The van der Waals surface area contributed by atoms with E-state index in [0.717, 1.165) is 15.8 Å². The first-order valence-corrected chi connectivity index (χ1v) is 6.44. The van der Waals surface area contributed by atoms with Crippen LogP contribution in [0.15, 0.2) is 41.1 Å². The highest BCUT2D eigenvalue weighted by molar-refractivity contribution is 9.10. The van der Waals surface area contributed by atoms with E-state index in [1.54, 1.807) is 37.3 Å². The first kappa shape index (κ1) is 13.5. The van der Waals surface area contributed by atoms with Gasteiger partial charge in [0.05, 0.1) is 18.9 Å². The Morgan fingerprint density at radius 2 is 2.26 bits per heavy atom. The molecule has 0 aliphatic heterocycles. The van der Waals surface area contributed by atoms with Crippen LogP contribution in [0, 0.1) is 0 Å². The third-order valence-corrected chi connectivity index (χ3v) is 3.09. The molecule has 2 aromatic rings. The van der Waals surface area contributed by atoms with E-state index in [4.69, 9.17) is 4.74 Å². The molecule has 5 heteroatoms. The molecule has 0 fully saturated rings. The predicted molar refractivity (Wildman–Crippen MR) is 77.3 cm³/mol. The van der Waals surface area contributed by atoms with Gasteiger partial charge < -0.3 is 4.74 Å². The second kappa shape index (κ2) is 5.84. The third kappa shape index (κ3) is 3.32. The van der Waals surface area contributed by atoms with Gasteiger partial charge in [0.25, 0.3) is 0 Å². The SMILES string of the molecule is COc1ccc(Br)cc1/C=C\C(=O)c1cnn(C)c1. The number of ketones is 1. The van der Waals surface area contributed by atoms with Crippen LogP contribution in [0.4, 0.5) is 0 Å². The standard InChI is InChI=1S/C14H13BrN2O2/c1-17-9-11(8-16-17)13(18)5-3-10-7-12(15)4-6-14(10)19-2/h3-9H,1-2H3/b5-3-. The van der Waals surface area contributed by atoms with Crippen LogP contribution in [0.25, 0.3) is 6.08 Å². The Morgan fingerprint density at radius 3 is 2.89 bits per heavy atom. The fourth-order valence-electron chi connectivity index (χ4n) is 1.65. The van der Waals surface area contributed by atoms with E-state index in [1.165, 1.54) is 6.08 Å². The lowest BCUT2D eigenvalue weighted by molar-refractivity contribution is 0.104. The van der Waals surface area contributed by atoms with E-state index in [0.29, 0.717) is 5.56 Å². The fraction of sp³-hybridized carbons (Fsp3) is 0.143. The third-order valence-electron chi connectivity index (χ3n) is 2.60. The van der Waals surface area contributed by atoms with Crippen LogP contribution >= 0.6 is 15.9 Å². The maximum atomic E-state index is 11.9. The van der Waals surface area contributed by atoms with Crippen LogP contribution in [-0.2, 0) is 7.05 Å². The lowest BCUT2D eigenvalue weighted by Crippen LogP contribution is -1.92. The fourth-order valence-corrected chi connectivity index (χ4v) is 2.02. The Bertz CT molecular complexity index is 632. The van der Waals surface area contributed by atoms with Gasteiger partial charge in [-0.1, -0.05) is 15.9 Å². The highest BCUT2D eigenvalue weighted by Crippen LogP contribution is 2.24. The molecular formula is C14H13BrN2O2. The first-order valence-electron chi connectivity index (χ1n) is 5.65. The lowest BCUT2D eigenvalue weighted by atomic mass is 10.1. The molecule has 0 saturated heterocycles. The molecule has 0 saturated carbocycles. The molecule has 0 aliphatic carbocycles. The number of rotatable bonds is 4. The van der Waals surface area contributed by atoms with Crippen molar-refractivity contribution in [2.45, 2.75) is 0 Å². The molecule has 1 aromatic carbocycles. The van der Waals surface area contributed by atoms with E-state index >= 15 is 0 Å². The van der Waals surface area contributed by atoms with E-state index in [-0.39, 0.29) is 5.78 Å². The summed E-state index contributed by atoms with van der Waals surface area (Å²) >= 11 is 3.39. The molecular weight excluding hydrogens is 308 g/mol. The number of hydrogen-bond acceptors (Lipinski definition) is 3. The summed E-state index contributed by atoms with van der Waals surface area (Å²) in [6.45, 7) is 0. The maximum absolute atomic E-state index is 11.9. The highest BCUT2D eigenvalue weighted by atomic mass is 79.9. The molecule has 0 N–H and O–H groups in total. The summed E-state index contributed by atoms with van der Waals surface area (Å²) < 4.78 is 7.77. The Kier molecular flexibility index (Phi) is 4.16. The average molecular weight is 321 g/mol. The van der Waals surface area contributed by atoms with Crippen molar-refractivity contribution in [1.82, 2.24) is 9.78 Å². The zero-order valence-electron chi connectivity index (χ0n) is 10.6. The molecule has 1 aromatic heterocycles. The Morgan fingerprint density at radius 1 is 1.47 bits per heavy atom. The van der Waals surface area contributed by atoms with Crippen molar-refractivity contribution in [2.75, 3.05) is 7.11 Å². The van der Waals surface area contributed by atoms with Crippen molar-refractivity contribution in [3.63, 3.8) is 0 Å². The molecule has 4 nitrogen and oxygen atoms in total. The van der Waals surface area contributed by atoms with E-state index < -0.39 is 0 Å². The Labute approximate surface area is 119 Å². The summed E-state index contributed by atoms with van der Waals surface area (Å²) in [6.07, 6.45) is 6.48. The van der Waals surface area contributed by atoms with Gasteiger partial charge in [-0.3, -0.25) is 9.48 Å². The minimum absolute atomic E-state index is 0.0878. The molecule has 19 heavy (non-hydrogen) atoms. The van der Waals surface area contributed by atoms with Crippen molar-refractivity contribution < 1.29 is 9.53 Å².